The van der Waals surface area contributed by atoms with E-state index >= 15 is 0 Å². The van der Waals surface area contributed by atoms with Crippen LogP contribution >= 0.6 is 0 Å². The van der Waals surface area contributed by atoms with Crippen molar-refractivity contribution in [2.75, 3.05) is 4.90 Å². The summed E-state index contributed by atoms with van der Waals surface area (Å²) in [4.78, 5) is 20.0. The summed E-state index contributed by atoms with van der Waals surface area (Å²) in [7, 11) is 0. The summed E-state index contributed by atoms with van der Waals surface area (Å²) >= 11 is 0. The lowest BCUT2D eigenvalue weighted by Gasteiger charge is -2.23. The van der Waals surface area contributed by atoms with E-state index in [1.165, 1.54) is 0 Å². The maximum atomic E-state index is 13.6. The SMILES string of the molecule is CCn1ncc2cc(C(=O)N3Cc4cnnn4Cc4ccccc43)c(C)nc21. The van der Waals surface area contributed by atoms with Gasteiger partial charge >= 0.3 is 0 Å². The maximum Gasteiger partial charge on any atom is 0.260 e. The molecule has 4 aromatic rings. The topological polar surface area (TPSA) is 81.7 Å². The number of nitrogens with zero attached hydrogens (tertiary/aromatic N) is 7. The summed E-state index contributed by atoms with van der Waals surface area (Å²) in [6.45, 7) is 5.63. The lowest BCUT2D eigenvalue weighted by molar-refractivity contribution is 0.0984. The van der Waals surface area contributed by atoms with Gasteiger partial charge in [0.1, 0.15) is 0 Å². The third-order valence-corrected chi connectivity index (χ3v) is 5.20. The van der Waals surface area contributed by atoms with Crippen LogP contribution in [0.1, 0.15) is 34.2 Å². The second kappa shape index (κ2) is 6.26. The fourth-order valence-corrected chi connectivity index (χ4v) is 3.72. The Labute approximate surface area is 161 Å². The number of carbonyl (C=O) groups excluding carboxylic acids is 1. The summed E-state index contributed by atoms with van der Waals surface area (Å²) in [5.41, 5.74) is 4.90. The van der Waals surface area contributed by atoms with Crippen molar-refractivity contribution in [1.29, 1.82) is 0 Å². The van der Waals surface area contributed by atoms with E-state index in [2.05, 4.69) is 20.4 Å². The molecule has 28 heavy (non-hydrogen) atoms. The third kappa shape index (κ3) is 2.49. The minimum absolute atomic E-state index is 0.0850. The Bertz CT molecular complexity index is 1210. The largest absolute Gasteiger partial charge is 0.302 e. The van der Waals surface area contributed by atoms with E-state index in [9.17, 15) is 4.79 Å². The van der Waals surface area contributed by atoms with Crippen LogP contribution in [0.15, 0.2) is 42.7 Å². The van der Waals surface area contributed by atoms with Crippen LogP contribution in [0.3, 0.4) is 0 Å². The first kappa shape index (κ1) is 16.6. The van der Waals surface area contributed by atoms with E-state index in [1.54, 1.807) is 17.3 Å². The van der Waals surface area contributed by atoms with E-state index in [-0.39, 0.29) is 5.91 Å². The first-order chi connectivity index (χ1) is 13.7. The van der Waals surface area contributed by atoms with Crippen molar-refractivity contribution in [2.45, 2.75) is 33.5 Å². The van der Waals surface area contributed by atoms with Crippen LogP contribution in [0.25, 0.3) is 11.0 Å². The van der Waals surface area contributed by atoms with Crippen LogP contribution < -0.4 is 4.90 Å². The van der Waals surface area contributed by atoms with Crippen LogP contribution in [0.5, 0.6) is 0 Å². The van der Waals surface area contributed by atoms with Crippen LogP contribution in [0, 0.1) is 6.92 Å². The van der Waals surface area contributed by atoms with E-state index in [4.69, 9.17) is 0 Å². The molecule has 0 atom stereocenters. The monoisotopic (exact) mass is 373 g/mol. The highest BCUT2D eigenvalue weighted by Gasteiger charge is 2.27. The molecule has 0 fully saturated rings. The number of amides is 1. The molecule has 0 N–H and O–H groups in total. The molecule has 1 aromatic carbocycles. The number of benzene rings is 1. The third-order valence-electron chi connectivity index (χ3n) is 5.20. The van der Waals surface area contributed by atoms with E-state index in [1.807, 2.05) is 53.5 Å². The highest BCUT2D eigenvalue weighted by Crippen LogP contribution is 2.29. The molecule has 1 aliphatic rings. The fraction of sp³-hybridized carbons (Fsp3) is 0.250. The molecular weight excluding hydrogens is 354 g/mol. The number of hydrogen-bond donors (Lipinski definition) is 0. The molecule has 0 aliphatic carbocycles. The molecule has 8 nitrogen and oxygen atoms in total. The lowest BCUT2D eigenvalue weighted by Crippen LogP contribution is -2.31. The molecule has 8 heteroatoms. The van der Waals surface area contributed by atoms with Gasteiger partial charge in [-0.15, -0.1) is 5.10 Å². The van der Waals surface area contributed by atoms with Gasteiger partial charge in [-0.1, -0.05) is 23.4 Å². The minimum atomic E-state index is -0.0850. The Morgan fingerprint density at radius 3 is 2.89 bits per heavy atom. The van der Waals surface area contributed by atoms with Gasteiger partial charge in [0.15, 0.2) is 5.65 Å². The molecule has 0 saturated heterocycles. The molecule has 0 spiro atoms. The van der Waals surface area contributed by atoms with Crippen LogP contribution in [0.2, 0.25) is 0 Å². The molecule has 3 aromatic heterocycles. The molecule has 0 radical (unpaired) electrons. The number of aryl methyl sites for hydroxylation is 2. The van der Waals surface area contributed by atoms with Crippen molar-refractivity contribution in [3.63, 3.8) is 0 Å². The highest BCUT2D eigenvalue weighted by molar-refractivity contribution is 6.08. The summed E-state index contributed by atoms with van der Waals surface area (Å²) in [5, 5.41) is 13.4. The second-order valence-electron chi connectivity index (χ2n) is 6.90. The number of aromatic nitrogens is 6. The number of hydrogen-bond acceptors (Lipinski definition) is 5. The van der Waals surface area contributed by atoms with Crippen molar-refractivity contribution in [1.82, 2.24) is 29.8 Å². The zero-order chi connectivity index (χ0) is 19.3. The molecule has 140 valence electrons. The predicted octanol–water partition coefficient (Wildman–Crippen LogP) is 2.56. The van der Waals surface area contributed by atoms with Crippen molar-refractivity contribution >= 4 is 22.6 Å². The summed E-state index contributed by atoms with van der Waals surface area (Å²) in [6, 6.07) is 9.81. The quantitative estimate of drug-likeness (QED) is 0.539. The van der Waals surface area contributed by atoms with Gasteiger partial charge in [0.05, 0.1) is 42.4 Å². The molecule has 1 aliphatic heterocycles. The molecule has 0 saturated carbocycles. The second-order valence-corrected chi connectivity index (χ2v) is 6.90. The van der Waals surface area contributed by atoms with Gasteiger partial charge in [0.25, 0.3) is 5.91 Å². The number of carbonyl (C=O) groups is 1. The Morgan fingerprint density at radius 2 is 2.04 bits per heavy atom. The van der Waals surface area contributed by atoms with Gasteiger partial charge in [0.2, 0.25) is 0 Å². The summed E-state index contributed by atoms with van der Waals surface area (Å²) in [6.07, 6.45) is 3.48. The zero-order valence-corrected chi connectivity index (χ0v) is 15.7. The fourth-order valence-electron chi connectivity index (χ4n) is 3.72. The standard InChI is InChI=1S/C20H19N7O/c1-3-26-19-15(9-22-26)8-17(13(2)23-19)20(28)25-12-16-10-21-24-27(16)11-14-6-4-5-7-18(14)25/h4-10H,3,11-12H2,1-2H3. The number of rotatable bonds is 2. The van der Waals surface area contributed by atoms with E-state index in [0.29, 0.717) is 24.3 Å². The Hall–Kier alpha value is -3.55. The normalized spacial score (nSPS) is 13.3. The van der Waals surface area contributed by atoms with Gasteiger partial charge in [-0.25, -0.2) is 14.3 Å². The smallest absolute Gasteiger partial charge is 0.260 e. The Balaban J connectivity index is 1.63. The van der Waals surface area contributed by atoms with E-state index < -0.39 is 0 Å². The van der Waals surface area contributed by atoms with E-state index in [0.717, 1.165) is 34.5 Å². The van der Waals surface area contributed by atoms with Gasteiger partial charge in [-0.3, -0.25) is 4.79 Å². The average molecular weight is 373 g/mol. The van der Waals surface area contributed by atoms with Crippen LogP contribution in [-0.4, -0.2) is 35.7 Å². The van der Waals surface area contributed by atoms with Gasteiger partial charge in [0, 0.05) is 17.6 Å². The average Bonchev–Trinajstić information content (AvgIpc) is 3.28. The lowest BCUT2D eigenvalue weighted by atomic mass is 10.1. The number of fused-ring (bicyclic) bond motifs is 3. The first-order valence-corrected chi connectivity index (χ1v) is 9.26. The number of pyridine rings is 1. The summed E-state index contributed by atoms with van der Waals surface area (Å²) < 4.78 is 3.67. The van der Waals surface area contributed by atoms with Gasteiger partial charge in [-0.2, -0.15) is 5.10 Å². The van der Waals surface area contributed by atoms with Gasteiger partial charge < -0.3 is 4.90 Å². The molecule has 0 unspecified atom stereocenters. The van der Waals surface area contributed by atoms with Crippen LogP contribution in [-0.2, 0) is 19.6 Å². The molecule has 4 heterocycles. The Morgan fingerprint density at radius 1 is 1.18 bits per heavy atom. The summed E-state index contributed by atoms with van der Waals surface area (Å²) in [5.74, 6) is -0.0850. The first-order valence-electron chi connectivity index (χ1n) is 9.26. The van der Waals surface area contributed by atoms with Crippen molar-refractivity contribution in [2.24, 2.45) is 0 Å². The van der Waals surface area contributed by atoms with Gasteiger partial charge in [-0.05, 0) is 31.5 Å². The van der Waals surface area contributed by atoms with Crippen molar-refractivity contribution < 1.29 is 4.79 Å². The molecule has 5 rings (SSSR count). The van der Waals surface area contributed by atoms with Crippen molar-refractivity contribution in [3.05, 3.63) is 65.2 Å². The van der Waals surface area contributed by atoms with Crippen molar-refractivity contribution in [3.8, 4) is 0 Å². The highest BCUT2D eigenvalue weighted by atomic mass is 16.2. The maximum absolute atomic E-state index is 13.6. The number of anilines is 1. The number of para-hydroxylation sites is 1. The zero-order valence-electron chi connectivity index (χ0n) is 15.7. The molecule has 1 amide bonds. The molecule has 0 bridgehead atoms. The minimum Gasteiger partial charge on any atom is -0.302 e. The Kier molecular flexibility index (Phi) is 3.71. The predicted molar refractivity (Wildman–Crippen MR) is 104 cm³/mol. The van der Waals surface area contributed by atoms with Crippen LogP contribution in [0.4, 0.5) is 5.69 Å². The molecular formula is C20H19N7O.